The number of ether oxygens (including phenoxy) is 3. The first-order chi connectivity index (χ1) is 12.7. The molecule has 1 heterocycles. The van der Waals surface area contributed by atoms with E-state index in [0.717, 1.165) is 42.2 Å². The molecule has 4 rings (SSSR count). The second kappa shape index (κ2) is 7.41. The summed E-state index contributed by atoms with van der Waals surface area (Å²) < 4.78 is 16.5. The molecule has 6 heteroatoms. The summed E-state index contributed by atoms with van der Waals surface area (Å²) in [5.74, 6) is 2.43. The fourth-order valence-corrected chi connectivity index (χ4v) is 3.77. The number of aryl methyl sites for hydroxylation is 1. The first-order valence-electron chi connectivity index (χ1n) is 8.87. The third kappa shape index (κ3) is 3.55. The normalized spacial score (nSPS) is 17.8. The van der Waals surface area contributed by atoms with Gasteiger partial charge in [-0.05, 0) is 66.9 Å². The summed E-state index contributed by atoms with van der Waals surface area (Å²) in [6.07, 6.45) is 3.26. The molecule has 2 N–H and O–H groups in total. The zero-order chi connectivity index (χ0) is 17.9. The van der Waals surface area contributed by atoms with Gasteiger partial charge in [0.05, 0.1) is 13.2 Å². The lowest BCUT2D eigenvalue weighted by Gasteiger charge is -2.28. The van der Waals surface area contributed by atoms with E-state index in [-0.39, 0.29) is 6.04 Å². The zero-order valence-electron chi connectivity index (χ0n) is 14.7. The quantitative estimate of drug-likeness (QED) is 0.801. The van der Waals surface area contributed by atoms with Crippen LogP contribution in [-0.2, 0) is 6.42 Å². The molecule has 0 radical (unpaired) electrons. The van der Waals surface area contributed by atoms with Crippen molar-refractivity contribution >= 4 is 23.0 Å². The van der Waals surface area contributed by atoms with Crippen LogP contribution in [-0.4, -0.2) is 25.4 Å². The SMILES string of the molecule is COc1ccc2c(c1)CCCC2NC(=S)Nc1ccc2c(c1)OCCO2. The van der Waals surface area contributed by atoms with Crippen LogP contribution >= 0.6 is 12.2 Å². The highest BCUT2D eigenvalue weighted by Crippen LogP contribution is 2.34. The summed E-state index contributed by atoms with van der Waals surface area (Å²) in [7, 11) is 1.70. The van der Waals surface area contributed by atoms with E-state index in [1.54, 1.807) is 7.11 Å². The van der Waals surface area contributed by atoms with Crippen molar-refractivity contribution < 1.29 is 14.2 Å². The number of hydrogen-bond donors (Lipinski definition) is 2. The Morgan fingerprint density at radius 2 is 1.96 bits per heavy atom. The Morgan fingerprint density at radius 3 is 2.81 bits per heavy atom. The zero-order valence-corrected chi connectivity index (χ0v) is 15.5. The van der Waals surface area contributed by atoms with Gasteiger partial charge < -0.3 is 24.8 Å². The van der Waals surface area contributed by atoms with Gasteiger partial charge in [-0.15, -0.1) is 0 Å². The highest BCUT2D eigenvalue weighted by atomic mass is 32.1. The van der Waals surface area contributed by atoms with Gasteiger partial charge in [0.15, 0.2) is 16.6 Å². The highest BCUT2D eigenvalue weighted by Gasteiger charge is 2.21. The molecule has 1 atom stereocenters. The van der Waals surface area contributed by atoms with Crippen LogP contribution < -0.4 is 24.8 Å². The van der Waals surface area contributed by atoms with Crippen LogP contribution in [0.4, 0.5) is 5.69 Å². The largest absolute Gasteiger partial charge is 0.497 e. The topological polar surface area (TPSA) is 51.8 Å². The van der Waals surface area contributed by atoms with E-state index in [9.17, 15) is 0 Å². The summed E-state index contributed by atoms with van der Waals surface area (Å²) in [6, 6.07) is 12.3. The van der Waals surface area contributed by atoms with Crippen LogP contribution in [0.2, 0.25) is 0 Å². The Labute approximate surface area is 158 Å². The van der Waals surface area contributed by atoms with E-state index >= 15 is 0 Å². The van der Waals surface area contributed by atoms with Crippen molar-refractivity contribution in [2.45, 2.75) is 25.3 Å². The number of anilines is 1. The molecule has 2 aromatic rings. The molecule has 2 aliphatic rings. The van der Waals surface area contributed by atoms with E-state index in [1.165, 1.54) is 11.1 Å². The van der Waals surface area contributed by atoms with Crippen molar-refractivity contribution in [1.82, 2.24) is 5.32 Å². The van der Waals surface area contributed by atoms with E-state index in [2.05, 4.69) is 22.8 Å². The van der Waals surface area contributed by atoms with E-state index < -0.39 is 0 Å². The molecule has 5 nitrogen and oxygen atoms in total. The van der Waals surface area contributed by atoms with Crippen molar-refractivity contribution in [3.05, 3.63) is 47.5 Å². The Morgan fingerprint density at radius 1 is 1.12 bits per heavy atom. The molecule has 1 unspecified atom stereocenters. The summed E-state index contributed by atoms with van der Waals surface area (Å²) in [6.45, 7) is 1.16. The smallest absolute Gasteiger partial charge is 0.171 e. The first kappa shape index (κ1) is 17.0. The van der Waals surface area contributed by atoms with Gasteiger partial charge in [0.25, 0.3) is 0 Å². The molecule has 0 bridgehead atoms. The Bertz CT molecular complexity index is 825. The maximum atomic E-state index is 5.62. The maximum Gasteiger partial charge on any atom is 0.171 e. The second-order valence-electron chi connectivity index (χ2n) is 6.47. The Kier molecular flexibility index (Phi) is 4.84. The number of rotatable bonds is 3. The summed E-state index contributed by atoms with van der Waals surface area (Å²) in [5, 5.41) is 7.31. The fraction of sp³-hybridized carbons (Fsp3) is 0.350. The van der Waals surface area contributed by atoms with Crippen LogP contribution in [0.25, 0.3) is 0 Å². The monoisotopic (exact) mass is 370 g/mol. The third-order valence-electron chi connectivity index (χ3n) is 4.77. The number of methoxy groups -OCH3 is 1. The molecule has 0 aromatic heterocycles. The molecule has 136 valence electrons. The lowest BCUT2D eigenvalue weighted by molar-refractivity contribution is 0.171. The molecule has 2 aromatic carbocycles. The second-order valence-corrected chi connectivity index (χ2v) is 6.87. The highest BCUT2D eigenvalue weighted by molar-refractivity contribution is 7.80. The summed E-state index contributed by atoms with van der Waals surface area (Å²) >= 11 is 5.53. The van der Waals surface area contributed by atoms with E-state index in [4.69, 9.17) is 26.4 Å². The van der Waals surface area contributed by atoms with Crippen LogP contribution in [0, 0.1) is 0 Å². The fourth-order valence-electron chi connectivity index (χ4n) is 3.51. The Hall–Kier alpha value is -2.47. The number of hydrogen-bond acceptors (Lipinski definition) is 4. The first-order valence-corrected chi connectivity index (χ1v) is 9.28. The van der Waals surface area contributed by atoms with E-state index in [0.29, 0.717) is 18.3 Å². The molecule has 1 aliphatic carbocycles. The number of thiocarbonyl (C=S) groups is 1. The molecule has 1 aliphatic heterocycles. The van der Waals surface area contributed by atoms with Gasteiger partial charge in [0.1, 0.15) is 19.0 Å². The van der Waals surface area contributed by atoms with Crippen LogP contribution in [0.15, 0.2) is 36.4 Å². The molecule has 0 saturated heterocycles. The van der Waals surface area contributed by atoms with Crippen molar-refractivity contribution in [2.75, 3.05) is 25.6 Å². The standard InChI is InChI=1S/C20H22N2O3S/c1-23-15-6-7-16-13(11-15)3-2-4-17(16)22-20(26)21-14-5-8-18-19(12-14)25-10-9-24-18/h5-8,11-12,17H,2-4,9-10H2,1H3,(H2,21,22,26). The number of nitrogens with one attached hydrogen (secondary N) is 2. The number of fused-ring (bicyclic) bond motifs is 2. The van der Waals surface area contributed by atoms with Crippen LogP contribution in [0.5, 0.6) is 17.2 Å². The Balaban J connectivity index is 1.44. The van der Waals surface area contributed by atoms with Crippen molar-refractivity contribution in [1.29, 1.82) is 0 Å². The molecular formula is C20H22N2O3S. The van der Waals surface area contributed by atoms with Crippen molar-refractivity contribution in [2.24, 2.45) is 0 Å². The van der Waals surface area contributed by atoms with Gasteiger partial charge in [-0.2, -0.15) is 0 Å². The lowest BCUT2D eigenvalue weighted by Crippen LogP contribution is -2.34. The molecule has 0 saturated carbocycles. The molecule has 0 spiro atoms. The predicted octanol–water partition coefficient (Wildman–Crippen LogP) is 3.83. The van der Waals surface area contributed by atoms with Gasteiger partial charge in [-0.25, -0.2) is 0 Å². The molecular weight excluding hydrogens is 348 g/mol. The minimum absolute atomic E-state index is 0.210. The van der Waals surface area contributed by atoms with Crippen molar-refractivity contribution in [3.8, 4) is 17.2 Å². The average Bonchev–Trinajstić information content (AvgIpc) is 2.67. The van der Waals surface area contributed by atoms with Gasteiger partial charge in [-0.1, -0.05) is 6.07 Å². The number of benzene rings is 2. The van der Waals surface area contributed by atoms with E-state index in [1.807, 2.05) is 24.3 Å². The summed E-state index contributed by atoms with van der Waals surface area (Å²) in [4.78, 5) is 0. The molecule has 0 amide bonds. The minimum Gasteiger partial charge on any atom is -0.497 e. The lowest BCUT2D eigenvalue weighted by atomic mass is 9.87. The molecule has 0 fully saturated rings. The van der Waals surface area contributed by atoms with Crippen LogP contribution in [0.1, 0.15) is 30.0 Å². The minimum atomic E-state index is 0.210. The van der Waals surface area contributed by atoms with Gasteiger partial charge in [0.2, 0.25) is 0 Å². The maximum absolute atomic E-state index is 5.62. The summed E-state index contributed by atoms with van der Waals surface area (Å²) in [5.41, 5.74) is 3.51. The molecule has 26 heavy (non-hydrogen) atoms. The third-order valence-corrected chi connectivity index (χ3v) is 4.99. The van der Waals surface area contributed by atoms with Crippen LogP contribution in [0.3, 0.4) is 0 Å². The van der Waals surface area contributed by atoms with Crippen molar-refractivity contribution in [3.63, 3.8) is 0 Å². The van der Waals surface area contributed by atoms with Gasteiger partial charge in [0, 0.05) is 11.8 Å². The average molecular weight is 370 g/mol. The predicted molar refractivity (Wildman–Crippen MR) is 105 cm³/mol. The van der Waals surface area contributed by atoms with Gasteiger partial charge in [-0.3, -0.25) is 0 Å². The van der Waals surface area contributed by atoms with Gasteiger partial charge >= 0.3 is 0 Å².